The van der Waals surface area contributed by atoms with Crippen LogP contribution in [0.4, 0.5) is 0 Å². The molecular formula is C24H26N2OS2. The van der Waals surface area contributed by atoms with Gasteiger partial charge in [0.2, 0.25) is 5.91 Å². The van der Waals surface area contributed by atoms with Gasteiger partial charge in [-0.1, -0.05) is 48.5 Å². The molecule has 2 saturated heterocycles. The number of fused-ring (bicyclic) bond motifs is 1. The largest absolute Gasteiger partial charge is 0.357 e. The zero-order valence-corrected chi connectivity index (χ0v) is 18.1. The van der Waals surface area contributed by atoms with Crippen molar-refractivity contribution in [3.05, 3.63) is 71.9 Å². The zero-order chi connectivity index (χ0) is 19.7. The Balaban J connectivity index is 1.40. The number of carbonyl (C=O) groups is 1. The molecule has 1 unspecified atom stereocenters. The second-order valence-electron chi connectivity index (χ2n) is 7.98. The van der Waals surface area contributed by atoms with E-state index in [1.807, 2.05) is 23.1 Å². The Morgan fingerprint density at radius 1 is 1.03 bits per heavy atom. The van der Waals surface area contributed by atoms with E-state index in [0.29, 0.717) is 18.2 Å². The average Bonchev–Trinajstić information content (AvgIpc) is 3.21. The van der Waals surface area contributed by atoms with Crippen LogP contribution < -0.4 is 0 Å². The summed E-state index contributed by atoms with van der Waals surface area (Å²) in [6, 6.07) is 21.2. The van der Waals surface area contributed by atoms with Gasteiger partial charge in [-0.2, -0.15) is 0 Å². The first-order valence-electron chi connectivity index (χ1n) is 10.4. The van der Waals surface area contributed by atoms with Gasteiger partial charge in [0, 0.05) is 30.7 Å². The Kier molecular flexibility index (Phi) is 5.35. The van der Waals surface area contributed by atoms with E-state index in [2.05, 4.69) is 71.0 Å². The number of para-hydroxylation sites is 1. The number of aromatic nitrogens is 1. The molecular weight excluding hydrogens is 396 g/mol. The molecule has 29 heavy (non-hydrogen) atoms. The zero-order valence-electron chi connectivity index (χ0n) is 16.5. The highest BCUT2D eigenvalue weighted by molar-refractivity contribution is 8.18. The van der Waals surface area contributed by atoms with Gasteiger partial charge in [0.25, 0.3) is 0 Å². The highest BCUT2D eigenvalue weighted by atomic mass is 32.2. The van der Waals surface area contributed by atoms with E-state index in [1.54, 1.807) is 0 Å². The van der Waals surface area contributed by atoms with Crippen LogP contribution in [0.1, 0.15) is 30.5 Å². The van der Waals surface area contributed by atoms with Crippen molar-refractivity contribution >= 4 is 40.3 Å². The molecule has 1 atom stereocenters. The third-order valence-corrected chi connectivity index (χ3v) is 9.76. The number of thioether (sulfide) groups is 2. The normalized spacial score (nSPS) is 22.1. The molecule has 2 fully saturated rings. The van der Waals surface area contributed by atoms with E-state index in [4.69, 9.17) is 0 Å². The summed E-state index contributed by atoms with van der Waals surface area (Å²) in [5, 5.41) is 1.27. The SMILES string of the molecule is O=C1CC(C2(c3cc4ccccc4[nH]3)SCCCS2)CCN1Cc1ccccc1. The van der Waals surface area contributed by atoms with E-state index >= 15 is 0 Å². The number of piperidine rings is 1. The van der Waals surface area contributed by atoms with Gasteiger partial charge in [0.1, 0.15) is 4.08 Å². The van der Waals surface area contributed by atoms with E-state index in [0.717, 1.165) is 19.5 Å². The quantitative estimate of drug-likeness (QED) is 0.592. The van der Waals surface area contributed by atoms with Gasteiger partial charge in [-0.3, -0.25) is 4.79 Å². The number of amides is 1. The van der Waals surface area contributed by atoms with Crippen LogP contribution >= 0.6 is 23.5 Å². The highest BCUT2D eigenvalue weighted by Crippen LogP contribution is 2.57. The Hall–Kier alpha value is -1.85. The summed E-state index contributed by atoms with van der Waals surface area (Å²) in [5.41, 5.74) is 3.70. The number of aromatic amines is 1. The van der Waals surface area contributed by atoms with Crippen molar-refractivity contribution in [3.63, 3.8) is 0 Å². The van der Waals surface area contributed by atoms with Crippen LogP contribution in [-0.2, 0) is 15.4 Å². The monoisotopic (exact) mass is 422 g/mol. The van der Waals surface area contributed by atoms with Crippen molar-refractivity contribution < 1.29 is 4.79 Å². The summed E-state index contributed by atoms with van der Waals surface area (Å²) in [5.74, 6) is 3.00. The van der Waals surface area contributed by atoms with Crippen LogP contribution in [0.5, 0.6) is 0 Å². The predicted molar refractivity (Wildman–Crippen MR) is 124 cm³/mol. The molecule has 3 heterocycles. The first-order chi connectivity index (χ1) is 14.2. The molecule has 2 aliphatic rings. The van der Waals surface area contributed by atoms with Crippen molar-refractivity contribution in [3.8, 4) is 0 Å². The minimum absolute atomic E-state index is 0.0359. The maximum atomic E-state index is 13.1. The number of hydrogen-bond acceptors (Lipinski definition) is 3. The Morgan fingerprint density at radius 3 is 2.55 bits per heavy atom. The fourth-order valence-corrected chi connectivity index (χ4v) is 8.20. The van der Waals surface area contributed by atoms with Crippen molar-refractivity contribution in [2.24, 2.45) is 5.92 Å². The van der Waals surface area contributed by atoms with Crippen LogP contribution in [0, 0.1) is 5.92 Å². The number of nitrogens with one attached hydrogen (secondary N) is 1. The fraction of sp³-hybridized carbons (Fsp3) is 0.375. The number of likely N-dealkylation sites (tertiary alicyclic amines) is 1. The summed E-state index contributed by atoms with van der Waals surface area (Å²) < 4.78 is -0.0359. The van der Waals surface area contributed by atoms with Crippen molar-refractivity contribution in [1.29, 1.82) is 0 Å². The molecule has 150 valence electrons. The Bertz CT molecular complexity index is 961. The summed E-state index contributed by atoms with van der Waals surface area (Å²) in [6.45, 7) is 1.58. The van der Waals surface area contributed by atoms with Crippen LogP contribution in [-0.4, -0.2) is 33.8 Å². The van der Waals surface area contributed by atoms with Gasteiger partial charge >= 0.3 is 0 Å². The molecule has 3 aromatic rings. The number of H-pyrrole nitrogens is 1. The third-order valence-electron chi connectivity index (χ3n) is 6.10. The smallest absolute Gasteiger partial charge is 0.223 e. The van der Waals surface area contributed by atoms with Crippen molar-refractivity contribution in [2.75, 3.05) is 18.1 Å². The molecule has 5 rings (SSSR count). The maximum absolute atomic E-state index is 13.1. The molecule has 0 saturated carbocycles. The van der Waals surface area contributed by atoms with Crippen LogP contribution in [0.15, 0.2) is 60.7 Å². The molecule has 2 aliphatic heterocycles. The van der Waals surface area contributed by atoms with Crippen LogP contribution in [0.25, 0.3) is 10.9 Å². The third kappa shape index (κ3) is 3.71. The molecule has 1 N–H and O–H groups in total. The highest BCUT2D eigenvalue weighted by Gasteiger charge is 2.47. The maximum Gasteiger partial charge on any atom is 0.223 e. The van der Waals surface area contributed by atoms with Crippen molar-refractivity contribution in [2.45, 2.75) is 29.9 Å². The predicted octanol–water partition coefficient (Wildman–Crippen LogP) is 5.63. The number of benzene rings is 2. The van der Waals surface area contributed by atoms with Crippen molar-refractivity contribution in [1.82, 2.24) is 9.88 Å². The van der Waals surface area contributed by atoms with Gasteiger partial charge in [-0.25, -0.2) is 0 Å². The molecule has 0 aliphatic carbocycles. The van der Waals surface area contributed by atoms with E-state index in [9.17, 15) is 4.79 Å². The second-order valence-corrected chi connectivity index (χ2v) is 10.9. The van der Waals surface area contributed by atoms with Gasteiger partial charge in [-0.15, -0.1) is 23.5 Å². The van der Waals surface area contributed by atoms with Gasteiger partial charge in [0.15, 0.2) is 0 Å². The lowest BCUT2D eigenvalue weighted by molar-refractivity contribution is -0.135. The lowest BCUT2D eigenvalue weighted by Crippen LogP contribution is -2.44. The molecule has 5 heteroatoms. The number of nitrogens with zero attached hydrogens (tertiary/aromatic N) is 1. The van der Waals surface area contributed by atoms with E-state index in [-0.39, 0.29) is 4.08 Å². The fourth-order valence-electron chi connectivity index (χ4n) is 4.59. The Labute approximate surface area is 180 Å². The first kappa shape index (κ1) is 19.1. The summed E-state index contributed by atoms with van der Waals surface area (Å²) >= 11 is 4.11. The standard InChI is InChI=1S/C24H26N2OS2/c27-23-16-20(11-12-26(23)17-18-7-2-1-3-8-18)24(28-13-6-14-29-24)22-15-19-9-4-5-10-21(19)25-22/h1-5,7-10,15,20,25H,6,11-14,16-17H2. The molecule has 0 spiro atoms. The first-order valence-corrected chi connectivity index (χ1v) is 12.4. The van der Waals surface area contributed by atoms with Crippen LogP contribution in [0.3, 0.4) is 0 Å². The molecule has 3 nitrogen and oxygen atoms in total. The molecule has 1 amide bonds. The lowest BCUT2D eigenvalue weighted by Gasteiger charge is -2.45. The van der Waals surface area contributed by atoms with Gasteiger partial charge < -0.3 is 9.88 Å². The van der Waals surface area contributed by atoms with E-state index < -0.39 is 0 Å². The van der Waals surface area contributed by atoms with Gasteiger partial charge in [-0.05, 0) is 53.3 Å². The molecule has 2 aromatic carbocycles. The molecule has 0 bridgehead atoms. The minimum Gasteiger partial charge on any atom is -0.357 e. The molecule has 1 aromatic heterocycles. The Morgan fingerprint density at radius 2 is 1.79 bits per heavy atom. The summed E-state index contributed by atoms with van der Waals surface area (Å²) in [4.78, 5) is 18.8. The minimum atomic E-state index is -0.0359. The number of hydrogen-bond donors (Lipinski definition) is 1. The second kappa shape index (κ2) is 8.11. The van der Waals surface area contributed by atoms with Crippen LogP contribution in [0.2, 0.25) is 0 Å². The summed E-state index contributed by atoms with van der Waals surface area (Å²) in [7, 11) is 0. The number of rotatable bonds is 4. The lowest BCUT2D eigenvalue weighted by atomic mass is 9.90. The van der Waals surface area contributed by atoms with Gasteiger partial charge in [0.05, 0.1) is 0 Å². The molecule has 0 radical (unpaired) electrons. The average molecular weight is 423 g/mol. The number of carbonyl (C=O) groups excluding carboxylic acids is 1. The summed E-state index contributed by atoms with van der Waals surface area (Å²) in [6.07, 6.45) is 2.95. The topological polar surface area (TPSA) is 36.1 Å². The van der Waals surface area contributed by atoms with E-state index in [1.165, 1.54) is 40.1 Å².